The van der Waals surface area contributed by atoms with Crippen LogP contribution >= 0.6 is 23.2 Å². The summed E-state index contributed by atoms with van der Waals surface area (Å²) in [5, 5.41) is 4.38. The molecule has 0 aliphatic heterocycles. The van der Waals surface area contributed by atoms with Gasteiger partial charge in [0, 0.05) is 28.8 Å². The number of anilines is 1. The van der Waals surface area contributed by atoms with Crippen LogP contribution in [0.5, 0.6) is 0 Å². The van der Waals surface area contributed by atoms with Gasteiger partial charge in [-0.25, -0.2) is 9.59 Å². The Morgan fingerprint density at radius 3 is 2.07 bits per heavy atom. The molecule has 1 atom stereocenters. The van der Waals surface area contributed by atoms with Gasteiger partial charge in [-0.2, -0.15) is 0 Å². The molecule has 0 radical (unpaired) electrons. The fourth-order valence-electron chi connectivity index (χ4n) is 4.38. The molecule has 0 aliphatic rings. The van der Waals surface area contributed by atoms with Crippen LogP contribution in [0.3, 0.4) is 0 Å². The minimum Gasteiger partial charge on any atom is -0.465 e. The van der Waals surface area contributed by atoms with Crippen LogP contribution in [-0.2, 0) is 13.9 Å². The molecule has 1 amide bonds. The number of carbonyl (C=O) groups is 2. The molecule has 0 spiro atoms. The lowest BCUT2D eigenvalue weighted by Crippen LogP contribution is -2.46. The number of benzene rings is 3. The third-order valence-electron chi connectivity index (χ3n) is 7.73. The van der Waals surface area contributed by atoms with Crippen molar-refractivity contribution >= 4 is 49.3 Å². The molecular formula is C35H46Cl2N2O5Si. The first-order valence-electron chi connectivity index (χ1n) is 15.0. The number of carbonyl (C=O) groups excluding carboxylic acids is 2. The standard InChI is InChI=1S/C35H46Cl2N2O5Si/c1-34(2,3)43-33(41)39(23-31(44-45(8,9)35(4,5)6)27-19-28(36)22-29(37)20-27)17-16-38-30-15-11-13-25(21-30)24-12-10-14-26(18-24)32(40)42-7/h10-15,18-22,31,38H,16-17,23H2,1-9H3/t31-/m0/s1. The van der Waals surface area contributed by atoms with Crippen molar-refractivity contribution in [2.45, 2.75) is 71.4 Å². The molecule has 7 nitrogen and oxygen atoms in total. The molecule has 1 N–H and O–H groups in total. The van der Waals surface area contributed by atoms with Crippen LogP contribution in [0.25, 0.3) is 11.1 Å². The molecule has 3 rings (SSSR count). The predicted octanol–water partition coefficient (Wildman–Crippen LogP) is 9.86. The van der Waals surface area contributed by atoms with Crippen molar-refractivity contribution in [2.24, 2.45) is 0 Å². The van der Waals surface area contributed by atoms with Crippen molar-refractivity contribution in [1.29, 1.82) is 0 Å². The average Bonchev–Trinajstić information content (AvgIpc) is 2.93. The number of hydrogen-bond acceptors (Lipinski definition) is 6. The number of methoxy groups -OCH3 is 1. The molecule has 0 aliphatic carbocycles. The Morgan fingerprint density at radius 1 is 0.889 bits per heavy atom. The van der Waals surface area contributed by atoms with Crippen molar-refractivity contribution in [2.75, 3.05) is 32.1 Å². The van der Waals surface area contributed by atoms with E-state index in [-0.39, 0.29) is 17.6 Å². The molecule has 0 saturated heterocycles. The van der Waals surface area contributed by atoms with Crippen LogP contribution in [0.1, 0.15) is 63.6 Å². The van der Waals surface area contributed by atoms with Crippen LogP contribution in [0, 0.1) is 0 Å². The first kappa shape index (κ1) is 36.4. The largest absolute Gasteiger partial charge is 0.465 e. The molecule has 0 bridgehead atoms. The van der Waals surface area contributed by atoms with Crippen LogP contribution in [0.2, 0.25) is 28.2 Å². The van der Waals surface area contributed by atoms with Crippen LogP contribution in [0.4, 0.5) is 10.5 Å². The van der Waals surface area contributed by atoms with Crippen LogP contribution < -0.4 is 5.32 Å². The maximum absolute atomic E-state index is 13.6. The van der Waals surface area contributed by atoms with Gasteiger partial charge in [0.2, 0.25) is 0 Å². The lowest BCUT2D eigenvalue weighted by atomic mass is 10.0. The number of halogens is 2. The minimum atomic E-state index is -2.28. The minimum absolute atomic E-state index is 0.0622. The highest BCUT2D eigenvalue weighted by atomic mass is 35.5. The maximum Gasteiger partial charge on any atom is 0.410 e. The Morgan fingerprint density at radius 2 is 1.49 bits per heavy atom. The summed E-state index contributed by atoms with van der Waals surface area (Å²) >= 11 is 12.8. The fraction of sp³-hybridized carbons (Fsp3) is 0.429. The molecule has 0 fully saturated rings. The highest BCUT2D eigenvalue weighted by molar-refractivity contribution is 6.74. The van der Waals surface area contributed by atoms with E-state index in [1.807, 2.05) is 69.3 Å². The first-order valence-corrected chi connectivity index (χ1v) is 18.7. The van der Waals surface area contributed by atoms with Crippen molar-refractivity contribution in [1.82, 2.24) is 4.90 Å². The predicted molar refractivity (Wildman–Crippen MR) is 187 cm³/mol. The van der Waals surface area contributed by atoms with Gasteiger partial charge in [0.25, 0.3) is 0 Å². The third kappa shape index (κ3) is 10.8. The van der Waals surface area contributed by atoms with E-state index in [0.29, 0.717) is 28.7 Å². The van der Waals surface area contributed by atoms with E-state index >= 15 is 0 Å². The lowest BCUT2D eigenvalue weighted by Gasteiger charge is -2.41. The topological polar surface area (TPSA) is 77.1 Å². The van der Waals surface area contributed by atoms with E-state index in [4.69, 9.17) is 37.1 Å². The number of rotatable bonds is 11. The summed E-state index contributed by atoms with van der Waals surface area (Å²) in [5.74, 6) is -0.385. The maximum atomic E-state index is 13.6. The molecule has 0 unspecified atom stereocenters. The molecule has 0 saturated carbocycles. The Bertz CT molecular complexity index is 1460. The molecular weight excluding hydrogens is 627 g/mol. The number of hydrogen-bond donors (Lipinski definition) is 1. The van der Waals surface area contributed by atoms with Crippen LogP contribution in [0.15, 0.2) is 66.7 Å². The van der Waals surface area contributed by atoms with Crippen molar-refractivity contribution in [3.63, 3.8) is 0 Å². The van der Waals surface area contributed by atoms with Gasteiger partial charge in [0.1, 0.15) is 5.60 Å². The molecule has 3 aromatic rings. The fourth-order valence-corrected chi connectivity index (χ4v) is 6.19. The zero-order valence-electron chi connectivity index (χ0n) is 27.8. The zero-order valence-corrected chi connectivity index (χ0v) is 30.3. The average molecular weight is 674 g/mol. The molecule has 0 heterocycles. The van der Waals surface area contributed by atoms with Gasteiger partial charge in [-0.15, -0.1) is 0 Å². The molecule has 0 aromatic heterocycles. The van der Waals surface area contributed by atoms with Gasteiger partial charge in [-0.1, -0.05) is 68.2 Å². The Hall–Kier alpha value is -3.04. The van der Waals surface area contributed by atoms with Gasteiger partial charge in [-0.05, 0) is 98.1 Å². The normalized spacial score (nSPS) is 12.8. The quantitative estimate of drug-likeness (QED) is 0.161. The highest BCUT2D eigenvalue weighted by Crippen LogP contribution is 2.40. The summed E-state index contributed by atoms with van der Waals surface area (Å²) in [6.45, 7) is 17.5. The zero-order chi connectivity index (χ0) is 33.6. The van der Waals surface area contributed by atoms with Gasteiger partial charge in [0.05, 0.1) is 25.3 Å². The number of nitrogens with one attached hydrogen (secondary N) is 1. The summed E-state index contributed by atoms with van der Waals surface area (Å²) in [5.41, 5.74) is 3.32. The number of amides is 1. The van der Waals surface area contributed by atoms with E-state index < -0.39 is 26.1 Å². The Kier molecular flexibility index (Phi) is 12.2. The van der Waals surface area contributed by atoms with Gasteiger partial charge < -0.3 is 24.1 Å². The molecule has 45 heavy (non-hydrogen) atoms. The van der Waals surface area contributed by atoms with E-state index in [9.17, 15) is 9.59 Å². The highest BCUT2D eigenvalue weighted by Gasteiger charge is 2.40. The summed E-state index contributed by atoms with van der Waals surface area (Å²) in [6, 6.07) is 20.6. The van der Waals surface area contributed by atoms with E-state index in [0.717, 1.165) is 22.4 Å². The van der Waals surface area contributed by atoms with Crippen molar-refractivity contribution < 1.29 is 23.5 Å². The van der Waals surface area contributed by atoms with E-state index in [1.54, 1.807) is 23.1 Å². The summed E-state index contributed by atoms with van der Waals surface area (Å²) in [6.07, 6.45) is -0.908. The smallest absolute Gasteiger partial charge is 0.410 e. The third-order valence-corrected chi connectivity index (χ3v) is 12.7. The Balaban J connectivity index is 1.86. The first-order chi connectivity index (χ1) is 20.9. The van der Waals surface area contributed by atoms with Gasteiger partial charge in [0.15, 0.2) is 8.32 Å². The monoisotopic (exact) mass is 672 g/mol. The molecule has 244 valence electrons. The Labute approximate surface area is 279 Å². The number of ether oxygens (including phenoxy) is 2. The van der Waals surface area contributed by atoms with Crippen molar-refractivity contribution in [3.05, 3.63) is 87.9 Å². The van der Waals surface area contributed by atoms with Gasteiger partial charge >= 0.3 is 12.1 Å². The number of esters is 1. The number of nitrogens with zero attached hydrogens (tertiary/aromatic N) is 1. The molecule has 3 aromatic carbocycles. The van der Waals surface area contributed by atoms with Gasteiger partial charge in [-0.3, -0.25) is 0 Å². The van der Waals surface area contributed by atoms with E-state index in [2.05, 4.69) is 39.2 Å². The second-order valence-corrected chi connectivity index (χ2v) is 19.2. The summed E-state index contributed by atoms with van der Waals surface area (Å²) in [7, 11) is -0.913. The van der Waals surface area contributed by atoms with Crippen molar-refractivity contribution in [3.8, 4) is 11.1 Å². The molecule has 10 heteroatoms. The second-order valence-electron chi connectivity index (χ2n) is 13.6. The summed E-state index contributed by atoms with van der Waals surface area (Å²) in [4.78, 5) is 27.3. The summed E-state index contributed by atoms with van der Waals surface area (Å²) < 4.78 is 17.6. The van der Waals surface area contributed by atoms with E-state index in [1.165, 1.54) is 7.11 Å². The lowest BCUT2D eigenvalue weighted by molar-refractivity contribution is 0.0165. The van der Waals surface area contributed by atoms with Crippen LogP contribution in [-0.4, -0.2) is 57.6 Å². The SMILES string of the molecule is COC(=O)c1cccc(-c2cccc(NCCN(C[C@H](O[Si](C)(C)C(C)(C)C)c3cc(Cl)cc(Cl)c3)C(=O)OC(C)(C)C)c2)c1. The second kappa shape index (κ2) is 15.0.